The van der Waals surface area contributed by atoms with Crippen molar-refractivity contribution >= 4 is 29.0 Å². The molecule has 1 aliphatic rings. The number of amides is 1. The maximum Gasteiger partial charge on any atom is 0.272 e. The lowest BCUT2D eigenvalue weighted by atomic mass is 10.0. The molecule has 1 heterocycles. The molecule has 20 heavy (non-hydrogen) atoms. The van der Waals surface area contributed by atoms with Gasteiger partial charge in [0.2, 0.25) is 0 Å². The van der Waals surface area contributed by atoms with Crippen molar-refractivity contribution in [1.29, 1.82) is 0 Å². The van der Waals surface area contributed by atoms with Gasteiger partial charge in [-0.2, -0.15) is 0 Å². The highest BCUT2D eigenvalue weighted by atomic mass is 35.5. The summed E-state index contributed by atoms with van der Waals surface area (Å²) in [7, 11) is 1.50. The van der Waals surface area contributed by atoms with Crippen LogP contribution >= 0.6 is 11.6 Å². The minimum absolute atomic E-state index is 0.0944. The first-order valence-corrected chi connectivity index (χ1v) is 6.67. The summed E-state index contributed by atoms with van der Waals surface area (Å²) < 4.78 is 10.8. The van der Waals surface area contributed by atoms with Gasteiger partial charge in [-0.1, -0.05) is 0 Å². The average Bonchev–Trinajstić information content (AvgIpc) is 2.42. The number of carbonyl (C=O) groups excluding carboxylic acids is 2. The fourth-order valence-electron chi connectivity index (χ4n) is 2.08. The Morgan fingerprint density at radius 3 is 2.75 bits per heavy atom. The van der Waals surface area contributed by atoms with E-state index < -0.39 is 5.60 Å². The number of ketones is 1. The first-order valence-electron chi connectivity index (χ1n) is 6.14. The summed E-state index contributed by atoms with van der Waals surface area (Å²) in [5.41, 5.74) is -0.00751. The van der Waals surface area contributed by atoms with E-state index in [0.29, 0.717) is 17.0 Å². The van der Waals surface area contributed by atoms with Crippen LogP contribution in [0.5, 0.6) is 5.75 Å². The fraction of sp³-hybridized carbons (Fsp3) is 0.429. The molecule has 0 fully saturated rings. The summed E-state index contributed by atoms with van der Waals surface area (Å²) in [6.45, 7) is 3.48. The molecule has 1 amide bonds. The van der Waals surface area contributed by atoms with Crippen LogP contribution in [0.15, 0.2) is 18.2 Å². The Balaban J connectivity index is 2.50. The molecule has 0 spiro atoms. The smallest absolute Gasteiger partial charge is 0.272 e. The second kappa shape index (κ2) is 5.42. The molecule has 0 saturated carbocycles. The minimum atomic E-state index is -0.969. The highest BCUT2D eigenvalue weighted by Crippen LogP contribution is 2.38. The molecule has 1 aromatic rings. The van der Waals surface area contributed by atoms with E-state index in [9.17, 15) is 9.59 Å². The second-order valence-electron chi connectivity index (χ2n) is 5.00. The number of hydrogen-bond acceptors (Lipinski definition) is 4. The number of rotatable bonds is 4. The van der Waals surface area contributed by atoms with Crippen LogP contribution in [-0.2, 0) is 9.53 Å². The number of benzene rings is 1. The number of alkyl halides is 1. The standard InChI is InChI=1S/C14H16ClNO4/c1-14(2)13(18)16(8-19-3)10-6-9(11(17)7-15)4-5-12(10)20-14/h4-6H,7-8H2,1-3H3. The van der Waals surface area contributed by atoms with Gasteiger partial charge in [0, 0.05) is 12.7 Å². The number of methoxy groups -OCH3 is 1. The van der Waals surface area contributed by atoms with Crippen LogP contribution in [0.1, 0.15) is 24.2 Å². The van der Waals surface area contributed by atoms with Crippen molar-refractivity contribution in [2.24, 2.45) is 0 Å². The molecule has 0 aliphatic carbocycles. The molecule has 6 heteroatoms. The monoisotopic (exact) mass is 297 g/mol. The third kappa shape index (κ3) is 2.51. The molecule has 0 bridgehead atoms. The van der Waals surface area contributed by atoms with Gasteiger partial charge in [-0.3, -0.25) is 14.5 Å². The van der Waals surface area contributed by atoms with Crippen LogP contribution in [0.25, 0.3) is 0 Å². The van der Waals surface area contributed by atoms with Crippen molar-refractivity contribution in [3.05, 3.63) is 23.8 Å². The number of anilines is 1. The molecule has 1 aromatic carbocycles. The van der Waals surface area contributed by atoms with Crippen LogP contribution in [-0.4, -0.2) is 37.0 Å². The minimum Gasteiger partial charge on any atom is -0.476 e. The predicted octanol–water partition coefficient (Wildman–Crippen LogP) is 2.22. The lowest BCUT2D eigenvalue weighted by Crippen LogP contribution is -2.53. The molecule has 0 aromatic heterocycles. The largest absolute Gasteiger partial charge is 0.476 e. The fourth-order valence-corrected chi connectivity index (χ4v) is 2.23. The van der Waals surface area contributed by atoms with E-state index in [1.54, 1.807) is 32.0 Å². The van der Waals surface area contributed by atoms with Gasteiger partial charge in [0.25, 0.3) is 5.91 Å². The average molecular weight is 298 g/mol. The normalized spacial score (nSPS) is 16.6. The van der Waals surface area contributed by atoms with E-state index in [0.717, 1.165) is 0 Å². The Morgan fingerprint density at radius 2 is 2.15 bits per heavy atom. The van der Waals surface area contributed by atoms with Gasteiger partial charge >= 0.3 is 0 Å². The van der Waals surface area contributed by atoms with Crippen LogP contribution in [0, 0.1) is 0 Å². The van der Waals surface area contributed by atoms with E-state index in [1.807, 2.05) is 0 Å². The van der Waals surface area contributed by atoms with Crippen LogP contribution in [0.4, 0.5) is 5.69 Å². The number of Topliss-reactive ketones (excluding diaryl/α,β-unsaturated/α-hetero) is 1. The zero-order valence-electron chi connectivity index (χ0n) is 11.6. The number of ether oxygens (including phenoxy) is 2. The lowest BCUT2D eigenvalue weighted by molar-refractivity contribution is -0.133. The SMILES string of the molecule is COCN1C(=O)C(C)(C)Oc2ccc(C(=O)CCl)cc21. The maximum atomic E-state index is 12.4. The van der Waals surface area contributed by atoms with Gasteiger partial charge in [-0.25, -0.2) is 0 Å². The summed E-state index contributed by atoms with van der Waals surface area (Å²) in [5.74, 6) is 0.00723. The van der Waals surface area contributed by atoms with E-state index in [1.165, 1.54) is 12.0 Å². The van der Waals surface area contributed by atoms with Crippen molar-refractivity contribution in [1.82, 2.24) is 0 Å². The Morgan fingerprint density at radius 1 is 1.45 bits per heavy atom. The van der Waals surface area contributed by atoms with E-state index in [-0.39, 0.29) is 24.3 Å². The highest BCUT2D eigenvalue weighted by molar-refractivity contribution is 6.30. The molecular weight excluding hydrogens is 282 g/mol. The topological polar surface area (TPSA) is 55.8 Å². The first kappa shape index (κ1) is 14.8. The zero-order valence-corrected chi connectivity index (χ0v) is 12.4. The third-order valence-corrected chi connectivity index (χ3v) is 3.32. The summed E-state index contributed by atoms with van der Waals surface area (Å²) in [6.07, 6.45) is 0. The van der Waals surface area contributed by atoms with Crippen molar-refractivity contribution in [3.63, 3.8) is 0 Å². The van der Waals surface area contributed by atoms with E-state index in [2.05, 4.69) is 0 Å². The van der Waals surface area contributed by atoms with Crippen molar-refractivity contribution in [2.45, 2.75) is 19.4 Å². The van der Waals surface area contributed by atoms with Crippen molar-refractivity contribution in [3.8, 4) is 5.75 Å². The Kier molecular flexibility index (Phi) is 4.01. The predicted molar refractivity (Wildman–Crippen MR) is 75.6 cm³/mol. The molecule has 0 radical (unpaired) electrons. The van der Waals surface area contributed by atoms with Crippen molar-refractivity contribution < 1.29 is 19.1 Å². The highest BCUT2D eigenvalue weighted by Gasteiger charge is 2.41. The molecule has 0 unspecified atom stereocenters. The Hall–Kier alpha value is -1.59. The molecule has 5 nitrogen and oxygen atoms in total. The van der Waals surface area contributed by atoms with E-state index >= 15 is 0 Å². The molecule has 2 rings (SSSR count). The first-order chi connectivity index (χ1) is 9.40. The number of hydrogen-bond donors (Lipinski definition) is 0. The molecule has 108 valence electrons. The van der Waals surface area contributed by atoms with Gasteiger partial charge in [-0.15, -0.1) is 11.6 Å². The van der Waals surface area contributed by atoms with Crippen molar-refractivity contribution in [2.75, 3.05) is 24.6 Å². The summed E-state index contributed by atoms with van der Waals surface area (Å²) in [4.78, 5) is 25.5. The number of fused-ring (bicyclic) bond motifs is 1. The molecular formula is C14H16ClNO4. The van der Waals surface area contributed by atoms with Crippen LogP contribution < -0.4 is 9.64 Å². The number of halogens is 1. The summed E-state index contributed by atoms with van der Waals surface area (Å²) in [5, 5.41) is 0. The summed E-state index contributed by atoms with van der Waals surface area (Å²) in [6, 6.07) is 4.92. The Bertz CT molecular complexity index is 556. The Labute approximate surface area is 122 Å². The number of nitrogens with zero attached hydrogens (tertiary/aromatic N) is 1. The second-order valence-corrected chi connectivity index (χ2v) is 5.27. The van der Waals surface area contributed by atoms with Gasteiger partial charge in [0.05, 0.1) is 11.6 Å². The molecule has 0 saturated heterocycles. The molecule has 1 aliphatic heterocycles. The quantitative estimate of drug-likeness (QED) is 0.631. The molecule has 0 N–H and O–H groups in total. The van der Waals surface area contributed by atoms with Crippen LogP contribution in [0.3, 0.4) is 0 Å². The number of carbonyl (C=O) groups is 2. The lowest BCUT2D eigenvalue weighted by Gasteiger charge is -2.38. The zero-order chi connectivity index (χ0) is 14.9. The third-order valence-electron chi connectivity index (χ3n) is 3.08. The van der Waals surface area contributed by atoms with Gasteiger partial charge < -0.3 is 9.47 Å². The van der Waals surface area contributed by atoms with Gasteiger partial charge in [0.1, 0.15) is 12.5 Å². The maximum absolute atomic E-state index is 12.4. The van der Waals surface area contributed by atoms with E-state index in [4.69, 9.17) is 21.1 Å². The summed E-state index contributed by atoms with van der Waals surface area (Å²) >= 11 is 5.56. The van der Waals surface area contributed by atoms with Gasteiger partial charge in [0.15, 0.2) is 11.4 Å². The molecule has 0 atom stereocenters. The van der Waals surface area contributed by atoms with Crippen LogP contribution in [0.2, 0.25) is 0 Å². The van der Waals surface area contributed by atoms with Gasteiger partial charge in [-0.05, 0) is 32.0 Å².